The first-order valence-electron chi connectivity index (χ1n) is 10.9. The summed E-state index contributed by atoms with van der Waals surface area (Å²) in [6.07, 6.45) is 1.74. The molecule has 4 rings (SSSR count). The van der Waals surface area contributed by atoms with Crippen LogP contribution in [0, 0.1) is 0 Å². The Bertz CT molecular complexity index is 1280. The molecule has 7 heteroatoms. The number of aromatic nitrogens is 2. The summed E-state index contributed by atoms with van der Waals surface area (Å²) in [4.78, 5) is 13.5. The number of nitrogens with zero attached hydrogens (tertiary/aromatic N) is 2. The van der Waals surface area contributed by atoms with E-state index in [2.05, 4.69) is 5.32 Å². The second-order valence-corrected chi connectivity index (χ2v) is 7.68. The SMILES string of the molecule is COc1ccc(C(C)NC(=O)c2cn(-c3ccccc3)nc2-c2ccccc2OC)cc1OC. The minimum Gasteiger partial charge on any atom is -0.496 e. The third-order valence-corrected chi connectivity index (χ3v) is 5.60. The van der Waals surface area contributed by atoms with Crippen LogP contribution in [-0.2, 0) is 0 Å². The van der Waals surface area contributed by atoms with Gasteiger partial charge in [-0.15, -0.1) is 0 Å². The smallest absolute Gasteiger partial charge is 0.255 e. The van der Waals surface area contributed by atoms with E-state index in [4.69, 9.17) is 19.3 Å². The van der Waals surface area contributed by atoms with Crippen molar-refractivity contribution < 1.29 is 19.0 Å². The number of methoxy groups -OCH3 is 3. The maximum atomic E-state index is 13.5. The first-order chi connectivity index (χ1) is 16.5. The molecule has 0 radical (unpaired) electrons. The number of hydrogen-bond donors (Lipinski definition) is 1. The molecule has 1 amide bonds. The monoisotopic (exact) mass is 457 g/mol. The van der Waals surface area contributed by atoms with Crippen molar-refractivity contribution in [3.63, 3.8) is 0 Å². The number of carbonyl (C=O) groups is 1. The van der Waals surface area contributed by atoms with E-state index >= 15 is 0 Å². The molecule has 0 saturated heterocycles. The molecule has 0 fully saturated rings. The molecule has 0 saturated carbocycles. The van der Waals surface area contributed by atoms with Crippen LogP contribution >= 0.6 is 0 Å². The van der Waals surface area contributed by atoms with Crippen LogP contribution in [0.1, 0.15) is 28.9 Å². The van der Waals surface area contributed by atoms with Gasteiger partial charge in [-0.1, -0.05) is 36.4 Å². The van der Waals surface area contributed by atoms with Crippen molar-refractivity contribution >= 4 is 5.91 Å². The summed E-state index contributed by atoms with van der Waals surface area (Å²) in [6.45, 7) is 1.92. The molecule has 3 aromatic carbocycles. The second kappa shape index (κ2) is 10.1. The Labute approximate surface area is 198 Å². The highest BCUT2D eigenvalue weighted by molar-refractivity contribution is 6.00. The highest BCUT2D eigenvalue weighted by Crippen LogP contribution is 2.33. The van der Waals surface area contributed by atoms with Gasteiger partial charge in [0.2, 0.25) is 0 Å². The topological polar surface area (TPSA) is 74.6 Å². The summed E-state index contributed by atoms with van der Waals surface area (Å²) >= 11 is 0. The van der Waals surface area contributed by atoms with Gasteiger partial charge in [0, 0.05) is 11.8 Å². The molecule has 7 nitrogen and oxygen atoms in total. The van der Waals surface area contributed by atoms with Crippen molar-refractivity contribution in [2.75, 3.05) is 21.3 Å². The van der Waals surface area contributed by atoms with E-state index in [-0.39, 0.29) is 11.9 Å². The van der Waals surface area contributed by atoms with E-state index in [1.165, 1.54) is 0 Å². The van der Waals surface area contributed by atoms with Crippen molar-refractivity contribution in [3.05, 3.63) is 90.1 Å². The fraction of sp³-hybridized carbons (Fsp3) is 0.185. The summed E-state index contributed by atoms with van der Waals surface area (Å²) < 4.78 is 18.0. The number of rotatable bonds is 8. The number of ether oxygens (including phenoxy) is 3. The first-order valence-corrected chi connectivity index (χ1v) is 10.9. The summed E-state index contributed by atoms with van der Waals surface area (Å²) in [5, 5.41) is 7.83. The van der Waals surface area contributed by atoms with Gasteiger partial charge >= 0.3 is 0 Å². The lowest BCUT2D eigenvalue weighted by Gasteiger charge is -2.17. The highest BCUT2D eigenvalue weighted by Gasteiger charge is 2.23. The molecule has 0 aliphatic rings. The zero-order valence-electron chi connectivity index (χ0n) is 19.6. The van der Waals surface area contributed by atoms with Crippen LogP contribution in [-0.4, -0.2) is 37.0 Å². The largest absolute Gasteiger partial charge is 0.496 e. The van der Waals surface area contributed by atoms with E-state index in [0.29, 0.717) is 28.5 Å². The van der Waals surface area contributed by atoms with Gasteiger partial charge in [0.25, 0.3) is 5.91 Å². The average Bonchev–Trinajstić information content (AvgIpc) is 3.34. The average molecular weight is 458 g/mol. The first kappa shape index (κ1) is 22.9. The van der Waals surface area contributed by atoms with Gasteiger partial charge in [0.15, 0.2) is 11.5 Å². The Morgan fingerprint density at radius 2 is 1.53 bits per heavy atom. The summed E-state index contributed by atoms with van der Waals surface area (Å²) in [7, 11) is 4.78. The van der Waals surface area contributed by atoms with Crippen molar-refractivity contribution in [2.45, 2.75) is 13.0 Å². The Hall–Kier alpha value is -4.26. The van der Waals surface area contributed by atoms with Gasteiger partial charge < -0.3 is 19.5 Å². The molecule has 174 valence electrons. The van der Waals surface area contributed by atoms with Crippen LogP contribution in [0.2, 0.25) is 0 Å². The molecule has 0 aliphatic carbocycles. The lowest BCUT2D eigenvalue weighted by atomic mass is 10.0. The zero-order valence-corrected chi connectivity index (χ0v) is 19.6. The van der Waals surface area contributed by atoms with Gasteiger partial charge in [-0.3, -0.25) is 4.79 Å². The number of benzene rings is 3. The second-order valence-electron chi connectivity index (χ2n) is 7.68. The molecule has 1 N–H and O–H groups in total. The van der Waals surface area contributed by atoms with Gasteiger partial charge in [-0.25, -0.2) is 4.68 Å². The minimum absolute atomic E-state index is 0.245. The number of nitrogens with one attached hydrogen (secondary N) is 1. The van der Waals surface area contributed by atoms with Crippen molar-refractivity contribution in [2.24, 2.45) is 0 Å². The molecule has 1 heterocycles. The summed E-state index contributed by atoms with van der Waals surface area (Å²) in [5.74, 6) is 1.63. The lowest BCUT2D eigenvalue weighted by Crippen LogP contribution is -2.26. The van der Waals surface area contributed by atoms with E-state index in [1.807, 2.05) is 79.7 Å². The Kier molecular flexibility index (Phi) is 6.82. The number of carbonyl (C=O) groups excluding carboxylic acids is 1. The third kappa shape index (κ3) is 4.59. The number of hydrogen-bond acceptors (Lipinski definition) is 5. The summed E-state index contributed by atoms with van der Waals surface area (Å²) in [6, 6.07) is 22.5. The number of para-hydroxylation sites is 2. The Morgan fingerprint density at radius 1 is 0.853 bits per heavy atom. The molecule has 1 atom stereocenters. The molecule has 34 heavy (non-hydrogen) atoms. The van der Waals surface area contributed by atoms with Gasteiger partial charge in [0.05, 0.1) is 38.6 Å². The van der Waals surface area contributed by atoms with Crippen LogP contribution in [0.25, 0.3) is 16.9 Å². The van der Waals surface area contributed by atoms with Crippen LogP contribution in [0.5, 0.6) is 17.2 Å². The van der Waals surface area contributed by atoms with E-state index < -0.39 is 0 Å². The van der Waals surface area contributed by atoms with Gasteiger partial charge in [0.1, 0.15) is 11.4 Å². The Balaban J connectivity index is 1.71. The predicted molar refractivity (Wildman–Crippen MR) is 131 cm³/mol. The van der Waals surface area contributed by atoms with Crippen LogP contribution in [0.3, 0.4) is 0 Å². The van der Waals surface area contributed by atoms with Gasteiger partial charge in [-0.2, -0.15) is 5.10 Å². The third-order valence-electron chi connectivity index (χ3n) is 5.60. The normalized spacial score (nSPS) is 11.5. The van der Waals surface area contributed by atoms with Crippen molar-refractivity contribution in [3.8, 4) is 34.2 Å². The van der Waals surface area contributed by atoms with E-state index in [9.17, 15) is 4.79 Å². The maximum absolute atomic E-state index is 13.5. The van der Waals surface area contributed by atoms with Crippen molar-refractivity contribution in [1.29, 1.82) is 0 Å². The number of amides is 1. The Morgan fingerprint density at radius 3 is 2.24 bits per heavy atom. The quantitative estimate of drug-likeness (QED) is 0.401. The molecular weight excluding hydrogens is 430 g/mol. The minimum atomic E-state index is -0.280. The van der Waals surface area contributed by atoms with Crippen LogP contribution in [0.15, 0.2) is 79.0 Å². The molecule has 0 aliphatic heterocycles. The van der Waals surface area contributed by atoms with E-state index in [0.717, 1.165) is 16.8 Å². The van der Waals surface area contributed by atoms with Gasteiger partial charge in [-0.05, 0) is 48.9 Å². The molecule has 1 aromatic heterocycles. The molecular formula is C27H27N3O4. The maximum Gasteiger partial charge on any atom is 0.255 e. The zero-order chi connectivity index (χ0) is 24.1. The van der Waals surface area contributed by atoms with Crippen molar-refractivity contribution in [1.82, 2.24) is 15.1 Å². The van der Waals surface area contributed by atoms with Crippen LogP contribution < -0.4 is 19.5 Å². The fourth-order valence-electron chi connectivity index (χ4n) is 3.77. The lowest BCUT2D eigenvalue weighted by molar-refractivity contribution is 0.0940. The molecule has 1 unspecified atom stereocenters. The summed E-state index contributed by atoms with van der Waals surface area (Å²) in [5.41, 5.74) is 3.47. The molecule has 0 bridgehead atoms. The highest BCUT2D eigenvalue weighted by atomic mass is 16.5. The van der Waals surface area contributed by atoms with Crippen LogP contribution in [0.4, 0.5) is 0 Å². The van der Waals surface area contributed by atoms with E-state index in [1.54, 1.807) is 32.2 Å². The predicted octanol–water partition coefficient (Wildman–Crippen LogP) is 5.06. The fourth-order valence-corrected chi connectivity index (χ4v) is 3.77. The standard InChI is InChI=1S/C27H27N3O4/c1-18(19-14-15-24(33-3)25(16-19)34-4)28-27(31)22-17-30(20-10-6-5-7-11-20)29-26(22)21-12-8-9-13-23(21)32-2/h5-18H,1-4H3,(H,28,31). The molecule has 4 aromatic rings. The molecule has 0 spiro atoms.